The van der Waals surface area contributed by atoms with E-state index in [9.17, 15) is 13.6 Å². The van der Waals surface area contributed by atoms with Gasteiger partial charge in [0.25, 0.3) is 0 Å². The molecule has 0 aliphatic rings. The first kappa shape index (κ1) is 14.5. The van der Waals surface area contributed by atoms with Crippen LogP contribution in [0.4, 0.5) is 20.2 Å². The highest BCUT2D eigenvalue weighted by Gasteiger charge is 2.06. The van der Waals surface area contributed by atoms with Crippen molar-refractivity contribution < 1.29 is 13.6 Å². The van der Waals surface area contributed by atoms with Crippen LogP contribution >= 0.6 is 15.9 Å². The summed E-state index contributed by atoms with van der Waals surface area (Å²) in [4.78, 5) is 11.7. The molecule has 2 aromatic carbocycles. The van der Waals surface area contributed by atoms with Crippen LogP contribution in [0.2, 0.25) is 0 Å². The number of rotatable bonds is 4. The van der Waals surface area contributed by atoms with Gasteiger partial charge in [-0.05, 0) is 30.3 Å². The molecule has 6 heteroatoms. The Balaban J connectivity index is 1.92. The molecule has 0 heterocycles. The standard InChI is InChI=1S/C14H11BrF2N2O/c15-9-2-1-3-11(6-9)19-14(20)8-18-13-5-4-10(16)7-12(13)17/h1-7,18H,8H2,(H,19,20). The summed E-state index contributed by atoms with van der Waals surface area (Å²) in [5, 5.41) is 5.27. The fraction of sp³-hybridized carbons (Fsp3) is 0.0714. The summed E-state index contributed by atoms with van der Waals surface area (Å²) >= 11 is 3.29. The summed E-state index contributed by atoms with van der Waals surface area (Å²) in [5.74, 6) is -1.72. The molecule has 1 amide bonds. The van der Waals surface area contributed by atoms with E-state index in [-0.39, 0.29) is 18.1 Å². The lowest BCUT2D eigenvalue weighted by Gasteiger charge is -2.08. The molecular formula is C14H11BrF2N2O. The molecule has 0 bridgehead atoms. The monoisotopic (exact) mass is 340 g/mol. The minimum absolute atomic E-state index is 0.0794. The van der Waals surface area contributed by atoms with Crippen molar-refractivity contribution >= 4 is 33.2 Å². The molecule has 20 heavy (non-hydrogen) atoms. The predicted molar refractivity (Wildman–Crippen MR) is 77.6 cm³/mol. The van der Waals surface area contributed by atoms with Crippen molar-refractivity contribution in [2.75, 3.05) is 17.2 Å². The summed E-state index contributed by atoms with van der Waals surface area (Å²) in [5.41, 5.74) is 0.710. The van der Waals surface area contributed by atoms with E-state index >= 15 is 0 Å². The normalized spacial score (nSPS) is 10.2. The smallest absolute Gasteiger partial charge is 0.243 e. The summed E-state index contributed by atoms with van der Waals surface area (Å²) < 4.78 is 26.9. The fourth-order valence-electron chi connectivity index (χ4n) is 1.58. The van der Waals surface area contributed by atoms with Crippen LogP contribution in [0.25, 0.3) is 0 Å². The van der Waals surface area contributed by atoms with Gasteiger partial charge in [0.05, 0.1) is 12.2 Å². The van der Waals surface area contributed by atoms with Gasteiger partial charge in [-0.15, -0.1) is 0 Å². The number of carbonyl (C=O) groups excluding carboxylic acids is 1. The lowest BCUT2D eigenvalue weighted by molar-refractivity contribution is -0.114. The number of nitrogens with one attached hydrogen (secondary N) is 2. The van der Waals surface area contributed by atoms with E-state index in [1.54, 1.807) is 18.2 Å². The molecule has 0 saturated heterocycles. The summed E-state index contributed by atoms with van der Waals surface area (Å²) in [6.07, 6.45) is 0. The minimum Gasteiger partial charge on any atom is -0.374 e. The van der Waals surface area contributed by atoms with E-state index in [0.29, 0.717) is 5.69 Å². The highest BCUT2D eigenvalue weighted by molar-refractivity contribution is 9.10. The number of amides is 1. The number of hydrogen-bond acceptors (Lipinski definition) is 2. The van der Waals surface area contributed by atoms with Crippen LogP contribution in [0, 0.1) is 11.6 Å². The van der Waals surface area contributed by atoms with Crippen molar-refractivity contribution in [1.82, 2.24) is 0 Å². The van der Waals surface area contributed by atoms with Crippen molar-refractivity contribution in [1.29, 1.82) is 0 Å². The molecule has 104 valence electrons. The Labute approximate surface area is 123 Å². The quantitative estimate of drug-likeness (QED) is 0.889. The Morgan fingerprint density at radius 3 is 2.65 bits per heavy atom. The van der Waals surface area contributed by atoms with Gasteiger partial charge in [0.15, 0.2) is 0 Å². The van der Waals surface area contributed by atoms with Crippen LogP contribution < -0.4 is 10.6 Å². The third kappa shape index (κ3) is 4.03. The van der Waals surface area contributed by atoms with Crippen LogP contribution in [0.15, 0.2) is 46.9 Å². The lowest BCUT2D eigenvalue weighted by atomic mass is 10.3. The molecule has 2 N–H and O–H groups in total. The second-order valence-corrected chi connectivity index (χ2v) is 4.95. The van der Waals surface area contributed by atoms with Crippen molar-refractivity contribution in [2.24, 2.45) is 0 Å². The molecule has 0 unspecified atom stereocenters. The largest absolute Gasteiger partial charge is 0.374 e. The summed E-state index contributed by atoms with van der Waals surface area (Å²) in [6, 6.07) is 10.2. The zero-order valence-electron chi connectivity index (χ0n) is 10.3. The van der Waals surface area contributed by atoms with Gasteiger partial charge in [-0.2, -0.15) is 0 Å². The molecule has 0 aliphatic carbocycles. The Hall–Kier alpha value is -1.95. The molecule has 0 spiro atoms. The van der Waals surface area contributed by atoms with Crippen LogP contribution in [0.5, 0.6) is 0 Å². The van der Waals surface area contributed by atoms with Crippen LogP contribution in [-0.2, 0) is 4.79 Å². The molecular weight excluding hydrogens is 330 g/mol. The Bertz CT molecular complexity index is 634. The summed E-state index contributed by atoms with van der Waals surface area (Å²) in [7, 11) is 0. The van der Waals surface area contributed by atoms with Gasteiger partial charge < -0.3 is 10.6 Å². The lowest BCUT2D eigenvalue weighted by Crippen LogP contribution is -2.22. The second kappa shape index (κ2) is 6.47. The highest BCUT2D eigenvalue weighted by atomic mass is 79.9. The van der Waals surface area contributed by atoms with Gasteiger partial charge in [0, 0.05) is 16.2 Å². The van der Waals surface area contributed by atoms with Crippen LogP contribution in [-0.4, -0.2) is 12.5 Å². The van der Waals surface area contributed by atoms with Crippen molar-refractivity contribution in [3.63, 3.8) is 0 Å². The maximum Gasteiger partial charge on any atom is 0.243 e. The molecule has 0 fully saturated rings. The number of benzene rings is 2. The van der Waals surface area contributed by atoms with Crippen LogP contribution in [0.3, 0.4) is 0 Å². The molecule has 0 atom stereocenters. The van der Waals surface area contributed by atoms with E-state index in [4.69, 9.17) is 0 Å². The maximum atomic E-state index is 13.3. The molecule has 2 aromatic rings. The van der Waals surface area contributed by atoms with Gasteiger partial charge in [-0.25, -0.2) is 8.78 Å². The van der Waals surface area contributed by atoms with Gasteiger partial charge in [0.2, 0.25) is 5.91 Å². The topological polar surface area (TPSA) is 41.1 Å². The zero-order chi connectivity index (χ0) is 14.5. The minimum atomic E-state index is -0.736. The average molecular weight is 341 g/mol. The van der Waals surface area contributed by atoms with E-state index in [1.807, 2.05) is 6.07 Å². The third-order valence-corrected chi connectivity index (χ3v) is 2.97. The van der Waals surface area contributed by atoms with Crippen LogP contribution in [0.1, 0.15) is 0 Å². The SMILES string of the molecule is O=C(CNc1ccc(F)cc1F)Nc1cccc(Br)c1. The van der Waals surface area contributed by atoms with Gasteiger partial charge in [-0.1, -0.05) is 22.0 Å². The first-order valence-corrected chi connectivity index (χ1v) is 6.58. The first-order valence-electron chi connectivity index (χ1n) is 5.79. The Kier molecular flexibility index (Phi) is 4.68. The van der Waals surface area contributed by atoms with Crippen molar-refractivity contribution in [3.05, 3.63) is 58.6 Å². The van der Waals surface area contributed by atoms with Gasteiger partial charge in [-0.3, -0.25) is 4.79 Å². The zero-order valence-corrected chi connectivity index (χ0v) is 11.9. The Morgan fingerprint density at radius 1 is 1.15 bits per heavy atom. The number of carbonyl (C=O) groups is 1. The first-order chi connectivity index (χ1) is 9.54. The number of halogens is 3. The average Bonchev–Trinajstić information content (AvgIpc) is 2.37. The van der Waals surface area contributed by atoms with Crippen molar-refractivity contribution in [3.8, 4) is 0 Å². The van der Waals surface area contributed by atoms with Crippen molar-refractivity contribution in [2.45, 2.75) is 0 Å². The van der Waals surface area contributed by atoms with E-state index in [1.165, 1.54) is 6.07 Å². The number of hydrogen-bond donors (Lipinski definition) is 2. The molecule has 0 radical (unpaired) electrons. The molecule has 3 nitrogen and oxygen atoms in total. The fourth-order valence-corrected chi connectivity index (χ4v) is 1.98. The summed E-state index contributed by atoms with van der Waals surface area (Å²) in [6.45, 7) is -0.116. The third-order valence-electron chi connectivity index (χ3n) is 2.48. The van der Waals surface area contributed by atoms with E-state index in [0.717, 1.165) is 16.6 Å². The highest BCUT2D eigenvalue weighted by Crippen LogP contribution is 2.16. The molecule has 0 saturated carbocycles. The van der Waals surface area contributed by atoms with Gasteiger partial charge >= 0.3 is 0 Å². The van der Waals surface area contributed by atoms with E-state index < -0.39 is 11.6 Å². The predicted octanol–water partition coefficient (Wildman–Crippen LogP) is 3.78. The molecule has 0 aliphatic heterocycles. The van der Waals surface area contributed by atoms with E-state index in [2.05, 4.69) is 26.6 Å². The van der Waals surface area contributed by atoms with Gasteiger partial charge in [0.1, 0.15) is 11.6 Å². The molecule has 2 rings (SSSR count). The second-order valence-electron chi connectivity index (χ2n) is 4.04. The number of anilines is 2. The molecule has 0 aromatic heterocycles. The maximum absolute atomic E-state index is 13.3. The Morgan fingerprint density at radius 2 is 1.95 bits per heavy atom.